The van der Waals surface area contributed by atoms with Crippen LogP contribution in [0, 0.1) is 13.8 Å². The second-order valence-electron chi connectivity index (χ2n) is 5.46. The number of halogens is 1. The first-order valence-electron chi connectivity index (χ1n) is 7.72. The molecule has 0 aliphatic heterocycles. The molecule has 0 aliphatic carbocycles. The van der Waals surface area contributed by atoms with Crippen molar-refractivity contribution in [3.63, 3.8) is 0 Å². The third kappa shape index (κ3) is 4.48. The Hall–Kier alpha value is -1.59. The van der Waals surface area contributed by atoms with E-state index in [9.17, 15) is 0 Å². The van der Waals surface area contributed by atoms with Gasteiger partial charge >= 0.3 is 5.24 Å². The Labute approximate surface area is 157 Å². The number of methoxy groups -OCH3 is 1. The zero-order valence-electron chi connectivity index (χ0n) is 14.3. The van der Waals surface area contributed by atoms with Gasteiger partial charge in [-0.15, -0.1) is 0 Å². The van der Waals surface area contributed by atoms with Crippen molar-refractivity contribution >= 4 is 33.4 Å². The van der Waals surface area contributed by atoms with Crippen LogP contribution in [0.15, 0.2) is 34.8 Å². The molecule has 128 valence electrons. The molecule has 0 aromatic heterocycles. The molecule has 0 saturated carbocycles. The van der Waals surface area contributed by atoms with Gasteiger partial charge in [-0.3, -0.25) is 0 Å². The molecular weight excluding hydrogens is 388 g/mol. The van der Waals surface area contributed by atoms with Crippen LogP contribution in [0.2, 0.25) is 0 Å². The summed E-state index contributed by atoms with van der Waals surface area (Å²) in [5.74, 6) is 1.50. The summed E-state index contributed by atoms with van der Waals surface area (Å²) >= 11 is 8.53. The van der Waals surface area contributed by atoms with Gasteiger partial charge in [0.05, 0.1) is 7.11 Å². The molecule has 0 aliphatic rings. The summed E-state index contributed by atoms with van der Waals surface area (Å²) in [6.45, 7) is 6.70. The van der Waals surface area contributed by atoms with Gasteiger partial charge in [-0.25, -0.2) is 0 Å². The molecule has 2 aromatic carbocycles. The largest absolute Gasteiger partial charge is 0.488 e. The zero-order valence-corrected chi connectivity index (χ0v) is 16.7. The maximum atomic E-state index is 6.05. The Morgan fingerprint density at radius 3 is 2.54 bits per heavy atom. The first-order chi connectivity index (χ1) is 11.5. The molecule has 2 rings (SSSR count). The first-order valence-corrected chi connectivity index (χ1v) is 8.92. The van der Waals surface area contributed by atoms with Crippen molar-refractivity contribution in [2.24, 2.45) is 0 Å². The maximum Gasteiger partial charge on any atom is 0.357 e. The Kier molecular flexibility index (Phi) is 6.63. The van der Waals surface area contributed by atoms with Crippen molar-refractivity contribution in [1.29, 1.82) is 0 Å². The molecule has 0 fully saturated rings. The Balaban J connectivity index is 2.23. The van der Waals surface area contributed by atoms with Crippen molar-refractivity contribution in [3.05, 3.63) is 57.1 Å². The van der Waals surface area contributed by atoms with E-state index < -0.39 is 0 Å². The minimum Gasteiger partial charge on any atom is -0.488 e. The van der Waals surface area contributed by atoms with Crippen LogP contribution in [-0.4, -0.2) is 12.3 Å². The minimum atomic E-state index is 0.0775. The predicted molar refractivity (Wildman–Crippen MR) is 104 cm³/mol. The molecule has 0 spiro atoms. The van der Waals surface area contributed by atoms with Crippen LogP contribution in [0.25, 0.3) is 0 Å². The smallest absolute Gasteiger partial charge is 0.357 e. The molecule has 0 bridgehead atoms. The molecule has 0 N–H and O–H groups in total. The highest BCUT2D eigenvalue weighted by Gasteiger charge is 2.12. The summed E-state index contributed by atoms with van der Waals surface area (Å²) < 4.78 is 17.4. The molecule has 0 radical (unpaired) electrons. The zero-order chi connectivity index (χ0) is 17.7. The highest BCUT2D eigenvalue weighted by Crippen LogP contribution is 2.30. The van der Waals surface area contributed by atoms with E-state index in [0.717, 1.165) is 27.8 Å². The highest BCUT2D eigenvalue weighted by atomic mass is 79.9. The minimum absolute atomic E-state index is 0.0775. The molecule has 0 heterocycles. The standard InChI is InChI=1S/C19H21BrO3S/c1-5-14-9-13(3)18(10-12(14)2)22-11-15-16(20)7-6-8-17(15)23-19(24)21-4/h6-10H,5,11H2,1-4H3. The molecule has 5 heteroatoms. The van der Waals surface area contributed by atoms with Crippen molar-refractivity contribution in [1.82, 2.24) is 0 Å². The van der Waals surface area contributed by atoms with E-state index in [-0.39, 0.29) is 5.24 Å². The van der Waals surface area contributed by atoms with Gasteiger partial charge in [0.15, 0.2) is 0 Å². The number of aryl methyl sites for hydroxylation is 3. The molecular formula is C19H21BrO3S. The number of thiocarbonyl (C=S) groups is 1. The molecule has 0 unspecified atom stereocenters. The van der Waals surface area contributed by atoms with Crippen molar-refractivity contribution in [3.8, 4) is 11.5 Å². The summed E-state index contributed by atoms with van der Waals surface area (Å²) in [5.41, 5.74) is 4.59. The fourth-order valence-corrected chi connectivity index (χ4v) is 2.99. The van der Waals surface area contributed by atoms with E-state index in [4.69, 9.17) is 26.4 Å². The van der Waals surface area contributed by atoms with E-state index >= 15 is 0 Å². The lowest BCUT2D eigenvalue weighted by atomic mass is 10.0. The van der Waals surface area contributed by atoms with Crippen LogP contribution < -0.4 is 9.47 Å². The SMILES string of the molecule is CCc1cc(C)c(OCc2c(Br)cccc2OC(=S)OC)cc1C. The molecule has 2 aromatic rings. The summed E-state index contributed by atoms with van der Waals surface area (Å²) in [6, 6.07) is 9.94. The lowest BCUT2D eigenvalue weighted by Gasteiger charge is -2.16. The van der Waals surface area contributed by atoms with Gasteiger partial charge in [-0.05, 0) is 55.2 Å². The van der Waals surface area contributed by atoms with Crippen LogP contribution in [0.4, 0.5) is 0 Å². The summed E-state index contributed by atoms with van der Waals surface area (Å²) in [5, 5.41) is 0.0775. The average Bonchev–Trinajstić information content (AvgIpc) is 2.56. The Morgan fingerprint density at radius 1 is 1.12 bits per heavy atom. The number of benzene rings is 2. The third-order valence-electron chi connectivity index (χ3n) is 3.82. The first kappa shape index (κ1) is 18.7. The second-order valence-corrected chi connectivity index (χ2v) is 6.65. The Bertz CT molecular complexity index is 744. The van der Waals surface area contributed by atoms with Gasteiger partial charge in [-0.1, -0.05) is 35.0 Å². The topological polar surface area (TPSA) is 27.7 Å². The van der Waals surface area contributed by atoms with Gasteiger partial charge in [-0.2, -0.15) is 0 Å². The van der Waals surface area contributed by atoms with Gasteiger partial charge in [0.1, 0.15) is 18.1 Å². The lowest BCUT2D eigenvalue weighted by Crippen LogP contribution is -2.10. The fraction of sp³-hybridized carbons (Fsp3) is 0.316. The number of ether oxygens (including phenoxy) is 3. The van der Waals surface area contributed by atoms with E-state index in [1.165, 1.54) is 18.2 Å². The van der Waals surface area contributed by atoms with E-state index in [0.29, 0.717) is 12.4 Å². The maximum absolute atomic E-state index is 6.05. The average molecular weight is 409 g/mol. The molecule has 0 atom stereocenters. The predicted octanol–water partition coefficient (Wildman–Crippen LogP) is 5.52. The van der Waals surface area contributed by atoms with Gasteiger partial charge in [0, 0.05) is 22.3 Å². The molecule has 24 heavy (non-hydrogen) atoms. The quantitative estimate of drug-likeness (QED) is 0.608. The fourth-order valence-electron chi connectivity index (χ4n) is 2.44. The number of hydrogen-bond acceptors (Lipinski definition) is 4. The monoisotopic (exact) mass is 408 g/mol. The van der Waals surface area contributed by atoms with Crippen molar-refractivity contribution in [2.45, 2.75) is 33.8 Å². The third-order valence-corrected chi connectivity index (χ3v) is 4.82. The van der Waals surface area contributed by atoms with Gasteiger partial charge < -0.3 is 14.2 Å². The molecule has 0 saturated heterocycles. The number of rotatable bonds is 5. The second kappa shape index (κ2) is 8.49. The van der Waals surface area contributed by atoms with E-state index in [2.05, 4.69) is 48.8 Å². The lowest BCUT2D eigenvalue weighted by molar-refractivity contribution is 0.287. The normalized spacial score (nSPS) is 10.4. The van der Waals surface area contributed by atoms with Crippen LogP contribution in [0.3, 0.4) is 0 Å². The molecule has 0 amide bonds. The Morgan fingerprint density at radius 2 is 1.88 bits per heavy atom. The van der Waals surface area contributed by atoms with Crippen LogP contribution in [0.1, 0.15) is 29.2 Å². The van der Waals surface area contributed by atoms with Crippen LogP contribution in [0.5, 0.6) is 11.5 Å². The van der Waals surface area contributed by atoms with E-state index in [1.54, 1.807) is 0 Å². The van der Waals surface area contributed by atoms with Crippen molar-refractivity contribution in [2.75, 3.05) is 7.11 Å². The summed E-state index contributed by atoms with van der Waals surface area (Å²) in [6.07, 6.45) is 1.02. The van der Waals surface area contributed by atoms with Crippen LogP contribution in [-0.2, 0) is 17.8 Å². The van der Waals surface area contributed by atoms with Crippen molar-refractivity contribution < 1.29 is 14.2 Å². The van der Waals surface area contributed by atoms with E-state index in [1.807, 2.05) is 18.2 Å². The highest BCUT2D eigenvalue weighted by molar-refractivity contribution is 9.10. The number of hydrogen-bond donors (Lipinski definition) is 0. The molecule has 3 nitrogen and oxygen atoms in total. The summed E-state index contributed by atoms with van der Waals surface area (Å²) in [4.78, 5) is 0. The van der Waals surface area contributed by atoms with Crippen LogP contribution >= 0.6 is 28.1 Å². The summed E-state index contributed by atoms with van der Waals surface area (Å²) in [7, 11) is 1.48. The van der Waals surface area contributed by atoms with Gasteiger partial charge in [0.2, 0.25) is 0 Å². The van der Waals surface area contributed by atoms with Gasteiger partial charge in [0.25, 0.3) is 0 Å².